The summed E-state index contributed by atoms with van der Waals surface area (Å²) < 4.78 is 5.29. The Kier molecular flexibility index (Phi) is 2.78. The molecule has 0 unspecified atom stereocenters. The van der Waals surface area contributed by atoms with E-state index < -0.39 is 31.1 Å². The van der Waals surface area contributed by atoms with Crippen molar-refractivity contribution >= 4 is 17.0 Å². The highest BCUT2D eigenvalue weighted by Gasteiger charge is 2.44. The number of fused-ring (bicyclic) bond motifs is 1. The summed E-state index contributed by atoms with van der Waals surface area (Å²) in [6, 6.07) is 0. The van der Waals surface area contributed by atoms with Gasteiger partial charge in [0.2, 0.25) is 5.65 Å². The van der Waals surface area contributed by atoms with Crippen LogP contribution in [0.4, 0.5) is 5.82 Å². The van der Waals surface area contributed by atoms with Crippen LogP contribution in [0.5, 0.6) is 0 Å². The van der Waals surface area contributed by atoms with Crippen LogP contribution in [-0.4, -0.2) is 65.2 Å². The molecule has 3 rings (SSSR count). The van der Waals surface area contributed by atoms with Crippen molar-refractivity contribution in [1.29, 1.82) is 0 Å². The monoisotopic (exact) mass is 268 g/mol. The predicted molar refractivity (Wildman–Crippen MR) is 60.5 cm³/mol. The van der Waals surface area contributed by atoms with Crippen molar-refractivity contribution in [2.75, 3.05) is 12.3 Å². The molecule has 0 aliphatic carbocycles. The maximum Gasteiger partial charge on any atom is 0.207 e. The molecule has 102 valence electrons. The van der Waals surface area contributed by atoms with Gasteiger partial charge in [0.05, 0.1) is 6.61 Å². The van der Waals surface area contributed by atoms with Crippen LogP contribution in [0.2, 0.25) is 0 Å². The molecule has 2 aromatic rings. The van der Waals surface area contributed by atoms with Crippen LogP contribution in [0.25, 0.3) is 11.2 Å². The molecule has 2 aromatic heterocycles. The maximum absolute atomic E-state index is 9.85. The Labute approximate surface area is 106 Å². The normalized spacial score (nSPS) is 31.1. The summed E-state index contributed by atoms with van der Waals surface area (Å²) in [5.41, 5.74) is 6.16. The fraction of sp³-hybridized carbons (Fsp3) is 0.556. The zero-order valence-corrected chi connectivity index (χ0v) is 9.66. The van der Waals surface area contributed by atoms with Crippen molar-refractivity contribution in [3.63, 3.8) is 0 Å². The van der Waals surface area contributed by atoms with Gasteiger partial charge in [-0.25, -0.2) is 9.97 Å². The molecular weight excluding hydrogens is 256 g/mol. The van der Waals surface area contributed by atoms with Crippen LogP contribution in [0.15, 0.2) is 6.33 Å². The van der Waals surface area contributed by atoms with E-state index in [4.69, 9.17) is 15.6 Å². The lowest BCUT2D eigenvalue weighted by molar-refractivity contribution is -0.0650. The summed E-state index contributed by atoms with van der Waals surface area (Å²) in [7, 11) is 0. The average Bonchev–Trinajstić information content (AvgIpc) is 2.94. The van der Waals surface area contributed by atoms with E-state index in [-0.39, 0.29) is 17.0 Å². The number of nitrogens with zero attached hydrogens (tertiary/aromatic N) is 5. The number of aliphatic hydroxyl groups is 3. The number of nitrogen functional groups attached to an aromatic ring is 1. The molecular formula is C9H12N6O4. The third-order valence-electron chi connectivity index (χ3n) is 2.98. The molecule has 0 radical (unpaired) electrons. The van der Waals surface area contributed by atoms with E-state index in [1.54, 1.807) is 0 Å². The zero-order valence-electron chi connectivity index (χ0n) is 9.66. The van der Waals surface area contributed by atoms with Gasteiger partial charge in [0.25, 0.3) is 0 Å². The van der Waals surface area contributed by atoms with Gasteiger partial charge in [0.15, 0.2) is 17.6 Å². The highest BCUT2D eigenvalue weighted by Crippen LogP contribution is 2.28. The standard InChI is InChI=1S/C9H12N6O4/c10-7-4-8(12-2-11-7)14-15(13-4)9-6(18)5(17)3(1-16)19-9/h2-3,5-6,9,16-18H,1H2,(H2,10,11,12,14)/t3-,5+,6+,9+/m0/s1. The Morgan fingerprint density at radius 3 is 2.68 bits per heavy atom. The van der Waals surface area contributed by atoms with Gasteiger partial charge >= 0.3 is 0 Å². The number of hydrogen-bond acceptors (Lipinski definition) is 9. The minimum absolute atomic E-state index is 0.156. The fourth-order valence-corrected chi connectivity index (χ4v) is 1.96. The second-order valence-corrected chi connectivity index (χ2v) is 4.18. The van der Waals surface area contributed by atoms with Crippen molar-refractivity contribution in [3.05, 3.63) is 6.33 Å². The molecule has 0 amide bonds. The van der Waals surface area contributed by atoms with Gasteiger partial charge < -0.3 is 25.8 Å². The van der Waals surface area contributed by atoms with E-state index >= 15 is 0 Å². The van der Waals surface area contributed by atoms with Crippen LogP contribution in [0.3, 0.4) is 0 Å². The number of rotatable bonds is 2. The Hall–Kier alpha value is -1.88. The van der Waals surface area contributed by atoms with E-state index in [9.17, 15) is 10.2 Å². The molecule has 5 N–H and O–H groups in total. The van der Waals surface area contributed by atoms with Gasteiger partial charge in [-0.15, -0.1) is 15.0 Å². The molecule has 19 heavy (non-hydrogen) atoms. The number of ether oxygens (including phenoxy) is 1. The van der Waals surface area contributed by atoms with E-state index in [1.165, 1.54) is 6.33 Å². The van der Waals surface area contributed by atoms with Crippen LogP contribution < -0.4 is 5.73 Å². The highest BCUT2D eigenvalue weighted by atomic mass is 16.6. The number of hydrogen-bond donors (Lipinski definition) is 4. The second-order valence-electron chi connectivity index (χ2n) is 4.18. The molecule has 1 aliphatic rings. The van der Waals surface area contributed by atoms with Gasteiger partial charge in [0, 0.05) is 0 Å². The van der Waals surface area contributed by atoms with E-state index in [0.29, 0.717) is 0 Å². The zero-order chi connectivity index (χ0) is 13.6. The minimum atomic E-state index is -1.26. The van der Waals surface area contributed by atoms with Crippen molar-refractivity contribution in [2.45, 2.75) is 24.5 Å². The first-order chi connectivity index (χ1) is 9.11. The van der Waals surface area contributed by atoms with Crippen molar-refractivity contribution in [1.82, 2.24) is 25.0 Å². The number of nitrogens with two attached hydrogens (primary N) is 1. The van der Waals surface area contributed by atoms with E-state index in [1.807, 2.05) is 0 Å². The van der Waals surface area contributed by atoms with E-state index in [2.05, 4.69) is 20.2 Å². The van der Waals surface area contributed by atoms with Crippen LogP contribution >= 0.6 is 0 Å². The molecule has 1 fully saturated rings. The van der Waals surface area contributed by atoms with E-state index in [0.717, 1.165) is 4.80 Å². The minimum Gasteiger partial charge on any atom is -0.394 e. The summed E-state index contributed by atoms with van der Waals surface area (Å²) in [6.07, 6.45) is -3.13. The first-order valence-electron chi connectivity index (χ1n) is 5.57. The van der Waals surface area contributed by atoms with Gasteiger partial charge in [-0.1, -0.05) is 0 Å². The molecule has 10 heteroatoms. The van der Waals surface area contributed by atoms with Crippen molar-refractivity contribution in [2.24, 2.45) is 0 Å². The fourth-order valence-electron chi connectivity index (χ4n) is 1.96. The third-order valence-corrected chi connectivity index (χ3v) is 2.98. The topological polar surface area (TPSA) is 152 Å². The molecule has 0 bridgehead atoms. The highest BCUT2D eigenvalue weighted by molar-refractivity contribution is 5.79. The van der Waals surface area contributed by atoms with Gasteiger partial charge in [-0.3, -0.25) is 0 Å². The Balaban J connectivity index is 1.99. The Morgan fingerprint density at radius 2 is 2.05 bits per heavy atom. The van der Waals surface area contributed by atoms with Crippen molar-refractivity contribution < 1.29 is 20.1 Å². The SMILES string of the molecule is Nc1ncnc2nn([C@@H]3O[C@@H](CO)[C@@H](O)[C@H]3O)nc12. The smallest absolute Gasteiger partial charge is 0.207 e. The first kappa shape index (κ1) is 12.2. The van der Waals surface area contributed by atoms with Gasteiger partial charge in [0.1, 0.15) is 24.6 Å². The Morgan fingerprint density at radius 1 is 1.26 bits per heavy atom. The molecule has 3 heterocycles. The third kappa shape index (κ3) is 1.81. The molecule has 1 saturated heterocycles. The van der Waals surface area contributed by atoms with Crippen LogP contribution in [0.1, 0.15) is 6.23 Å². The lowest BCUT2D eigenvalue weighted by Gasteiger charge is -2.12. The molecule has 1 aliphatic heterocycles. The van der Waals surface area contributed by atoms with Crippen molar-refractivity contribution in [3.8, 4) is 0 Å². The second kappa shape index (κ2) is 4.35. The quantitative estimate of drug-likeness (QED) is 0.459. The molecule has 0 saturated carbocycles. The molecule has 10 nitrogen and oxygen atoms in total. The first-order valence-corrected chi connectivity index (χ1v) is 5.57. The summed E-state index contributed by atoms with van der Waals surface area (Å²) in [4.78, 5) is 8.72. The lowest BCUT2D eigenvalue weighted by Crippen LogP contribution is -2.33. The Bertz CT molecular complexity index is 603. The maximum atomic E-state index is 9.85. The van der Waals surface area contributed by atoms with Gasteiger partial charge in [-0.05, 0) is 0 Å². The average molecular weight is 268 g/mol. The summed E-state index contributed by atoms with van der Waals surface area (Å²) in [6.45, 7) is -0.419. The van der Waals surface area contributed by atoms with Crippen LogP contribution in [0, 0.1) is 0 Å². The summed E-state index contributed by atoms with van der Waals surface area (Å²) in [5, 5.41) is 36.6. The number of aliphatic hydroxyl groups excluding tert-OH is 3. The molecule has 0 aromatic carbocycles. The molecule has 4 atom stereocenters. The lowest BCUT2D eigenvalue weighted by atomic mass is 10.1. The summed E-state index contributed by atoms with van der Waals surface area (Å²) >= 11 is 0. The number of anilines is 1. The number of aromatic nitrogens is 5. The predicted octanol–water partition coefficient (Wildman–Crippen LogP) is -2.58. The molecule has 0 spiro atoms. The largest absolute Gasteiger partial charge is 0.394 e. The van der Waals surface area contributed by atoms with Crippen LogP contribution in [-0.2, 0) is 4.74 Å². The van der Waals surface area contributed by atoms with Gasteiger partial charge in [-0.2, -0.15) is 0 Å². The summed E-state index contributed by atoms with van der Waals surface area (Å²) in [5.74, 6) is 0.156.